The standard InChI is InChI=1S/C14H13N3O/c1-9-2-3-10-4-5-11(14(18)13(10)17-9)6-12-7-15-8-16-12/h2-3,6-8H,4-5H2,1H3,(H,15,16). The Morgan fingerprint density at radius 3 is 3.00 bits per heavy atom. The van der Waals surface area contributed by atoms with E-state index in [9.17, 15) is 4.79 Å². The monoisotopic (exact) mass is 239 g/mol. The molecule has 2 heterocycles. The molecule has 2 aromatic heterocycles. The van der Waals surface area contributed by atoms with Crippen molar-refractivity contribution in [1.29, 1.82) is 0 Å². The van der Waals surface area contributed by atoms with Gasteiger partial charge >= 0.3 is 0 Å². The molecule has 0 saturated carbocycles. The number of nitrogens with zero attached hydrogens (tertiary/aromatic N) is 2. The van der Waals surface area contributed by atoms with Crippen LogP contribution in [-0.4, -0.2) is 20.7 Å². The second kappa shape index (κ2) is 4.22. The van der Waals surface area contributed by atoms with Crippen molar-refractivity contribution in [2.75, 3.05) is 0 Å². The van der Waals surface area contributed by atoms with Gasteiger partial charge in [-0.3, -0.25) is 4.79 Å². The number of H-pyrrole nitrogens is 1. The minimum absolute atomic E-state index is 0.0305. The summed E-state index contributed by atoms with van der Waals surface area (Å²) in [7, 11) is 0. The van der Waals surface area contributed by atoms with Crippen LogP contribution in [0, 0.1) is 6.92 Å². The van der Waals surface area contributed by atoms with Crippen molar-refractivity contribution in [2.24, 2.45) is 0 Å². The molecule has 18 heavy (non-hydrogen) atoms. The summed E-state index contributed by atoms with van der Waals surface area (Å²) in [6.45, 7) is 1.90. The molecule has 4 heteroatoms. The Balaban J connectivity index is 2.01. The lowest BCUT2D eigenvalue weighted by Gasteiger charge is -2.16. The van der Waals surface area contributed by atoms with E-state index in [0.29, 0.717) is 5.69 Å². The maximum Gasteiger partial charge on any atom is 0.207 e. The summed E-state index contributed by atoms with van der Waals surface area (Å²) in [5.74, 6) is 0.0305. The molecular formula is C14H13N3O. The predicted octanol–water partition coefficient (Wildman–Crippen LogP) is 2.33. The first-order valence-corrected chi connectivity index (χ1v) is 5.94. The summed E-state index contributed by atoms with van der Waals surface area (Å²) in [6.07, 6.45) is 6.84. The summed E-state index contributed by atoms with van der Waals surface area (Å²) in [4.78, 5) is 23.7. The third-order valence-corrected chi connectivity index (χ3v) is 3.13. The van der Waals surface area contributed by atoms with Crippen LogP contribution in [0.15, 0.2) is 30.2 Å². The summed E-state index contributed by atoms with van der Waals surface area (Å²) >= 11 is 0. The Kier molecular flexibility index (Phi) is 2.55. The SMILES string of the molecule is Cc1ccc2c(n1)C(=O)C(=Cc1c[nH]cn1)CC2. The van der Waals surface area contributed by atoms with Crippen LogP contribution < -0.4 is 0 Å². The first-order valence-electron chi connectivity index (χ1n) is 5.94. The first-order chi connectivity index (χ1) is 8.74. The van der Waals surface area contributed by atoms with Crippen LogP contribution in [0.5, 0.6) is 0 Å². The van der Waals surface area contributed by atoms with E-state index in [1.165, 1.54) is 0 Å². The van der Waals surface area contributed by atoms with E-state index < -0.39 is 0 Å². The van der Waals surface area contributed by atoms with E-state index in [4.69, 9.17) is 0 Å². The molecule has 4 nitrogen and oxygen atoms in total. The third kappa shape index (κ3) is 1.86. The number of aromatic nitrogens is 3. The van der Waals surface area contributed by atoms with Crippen molar-refractivity contribution in [3.05, 3.63) is 52.9 Å². The number of carbonyl (C=O) groups excluding carboxylic acids is 1. The van der Waals surface area contributed by atoms with Gasteiger partial charge in [0.15, 0.2) is 0 Å². The Hall–Kier alpha value is -2.23. The fourth-order valence-corrected chi connectivity index (χ4v) is 2.19. The minimum Gasteiger partial charge on any atom is -0.351 e. The average molecular weight is 239 g/mol. The Bertz CT molecular complexity index is 626. The zero-order chi connectivity index (χ0) is 12.5. The lowest BCUT2D eigenvalue weighted by molar-refractivity contribution is 0.102. The van der Waals surface area contributed by atoms with Gasteiger partial charge in [-0.1, -0.05) is 6.07 Å². The third-order valence-electron chi connectivity index (χ3n) is 3.13. The Morgan fingerprint density at radius 2 is 2.22 bits per heavy atom. The zero-order valence-corrected chi connectivity index (χ0v) is 10.1. The van der Waals surface area contributed by atoms with Crippen LogP contribution in [-0.2, 0) is 6.42 Å². The maximum atomic E-state index is 12.3. The van der Waals surface area contributed by atoms with Crippen molar-refractivity contribution in [2.45, 2.75) is 19.8 Å². The lowest BCUT2D eigenvalue weighted by atomic mass is 9.89. The lowest BCUT2D eigenvalue weighted by Crippen LogP contribution is -2.16. The number of rotatable bonds is 1. The Labute approximate surface area is 105 Å². The van der Waals surface area contributed by atoms with Crippen LogP contribution in [0.25, 0.3) is 6.08 Å². The maximum absolute atomic E-state index is 12.3. The number of imidazole rings is 1. The molecule has 2 aromatic rings. The van der Waals surface area contributed by atoms with Gasteiger partial charge in [-0.25, -0.2) is 9.97 Å². The number of fused-ring (bicyclic) bond motifs is 1. The number of hydrogen-bond donors (Lipinski definition) is 1. The molecular weight excluding hydrogens is 226 g/mol. The highest BCUT2D eigenvalue weighted by atomic mass is 16.1. The number of carbonyl (C=O) groups is 1. The van der Waals surface area contributed by atoms with E-state index >= 15 is 0 Å². The van der Waals surface area contributed by atoms with Crippen molar-refractivity contribution in [3.63, 3.8) is 0 Å². The molecule has 0 atom stereocenters. The van der Waals surface area contributed by atoms with Gasteiger partial charge in [-0.15, -0.1) is 0 Å². The number of aryl methyl sites for hydroxylation is 2. The van der Waals surface area contributed by atoms with E-state index in [2.05, 4.69) is 15.0 Å². The van der Waals surface area contributed by atoms with Gasteiger partial charge in [0.05, 0.1) is 12.0 Å². The molecule has 0 unspecified atom stereocenters. The average Bonchev–Trinajstić information content (AvgIpc) is 2.86. The second-order valence-corrected chi connectivity index (χ2v) is 4.45. The fourth-order valence-electron chi connectivity index (χ4n) is 2.19. The minimum atomic E-state index is 0.0305. The number of allylic oxidation sites excluding steroid dienone is 1. The summed E-state index contributed by atoms with van der Waals surface area (Å²) in [5, 5.41) is 0. The van der Waals surface area contributed by atoms with Crippen molar-refractivity contribution in [3.8, 4) is 0 Å². The van der Waals surface area contributed by atoms with Crippen molar-refractivity contribution >= 4 is 11.9 Å². The van der Waals surface area contributed by atoms with Gasteiger partial charge in [0, 0.05) is 17.5 Å². The normalized spacial score (nSPS) is 16.9. The molecule has 0 saturated heterocycles. The highest BCUT2D eigenvalue weighted by molar-refractivity contribution is 6.11. The highest BCUT2D eigenvalue weighted by Gasteiger charge is 2.23. The number of aromatic amines is 1. The van der Waals surface area contributed by atoms with Crippen LogP contribution in [0.2, 0.25) is 0 Å². The van der Waals surface area contributed by atoms with Gasteiger partial charge in [0.25, 0.3) is 0 Å². The molecule has 1 aliphatic carbocycles. The van der Waals surface area contributed by atoms with Gasteiger partial charge in [0.2, 0.25) is 5.78 Å². The zero-order valence-electron chi connectivity index (χ0n) is 10.1. The quantitative estimate of drug-likeness (QED) is 0.777. The summed E-state index contributed by atoms with van der Waals surface area (Å²) < 4.78 is 0. The van der Waals surface area contributed by atoms with Gasteiger partial charge in [-0.2, -0.15) is 0 Å². The van der Waals surface area contributed by atoms with Crippen LogP contribution in [0.4, 0.5) is 0 Å². The largest absolute Gasteiger partial charge is 0.351 e. The molecule has 0 bridgehead atoms. The number of hydrogen-bond acceptors (Lipinski definition) is 3. The highest BCUT2D eigenvalue weighted by Crippen LogP contribution is 2.25. The van der Waals surface area contributed by atoms with E-state index in [1.807, 2.05) is 25.1 Å². The van der Waals surface area contributed by atoms with Crippen LogP contribution in [0.3, 0.4) is 0 Å². The Morgan fingerprint density at radius 1 is 1.33 bits per heavy atom. The predicted molar refractivity (Wildman–Crippen MR) is 68.2 cm³/mol. The summed E-state index contributed by atoms with van der Waals surface area (Å²) in [5.41, 5.74) is 4.10. The number of pyridine rings is 1. The molecule has 0 amide bonds. The topological polar surface area (TPSA) is 58.6 Å². The number of ketones is 1. The molecule has 0 fully saturated rings. The molecule has 0 spiro atoms. The number of Topliss-reactive ketones (excluding diaryl/α,β-unsaturated/α-hetero) is 1. The molecule has 90 valence electrons. The second-order valence-electron chi connectivity index (χ2n) is 4.45. The van der Waals surface area contributed by atoms with Crippen LogP contribution >= 0.6 is 0 Å². The van der Waals surface area contributed by atoms with Crippen LogP contribution in [0.1, 0.15) is 33.9 Å². The van der Waals surface area contributed by atoms with Crippen molar-refractivity contribution in [1.82, 2.24) is 15.0 Å². The molecule has 0 radical (unpaired) electrons. The molecule has 1 N–H and O–H groups in total. The van der Waals surface area contributed by atoms with Crippen molar-refractivity contribution < 1.29 is 4.79 Å². The van der Waals surface area contributed by atoms with E-state index in [1.54, 1.807) is 12.5 Å². The van der Waals surface area contributed by atoms with E-state index in [0.717, 1.165) is 35.4 Å². The molecule has 1 aliphatic rings. The smallest absolute Gasteiger partial charge is 0.207 e. The molecule has 0 aromatic carbocycles. The van der Waals surface area contributed by atoms with Gasteiger partial charge < -0.3 is 4.98 Å². The fraction of sp³-hybridized carbons (Fsp3) is 0.214. The molecule has 3 rings (SSSR count). The van der Waals surface area contributed by atoms with Gasteiger partial charge in [-0.05, 0) is 37.5 Å². The van der Waals surface area contributed by atoms with E-state index in [-0.39, 0.29) is 5.78 Å². The first kappa shape index (κ1) is 10.9. The molecule has 0 aliphatic heterocycles. The number of nitrogens with one attached hydrogen (secondary N) is 1. The summed E-state index contributed by atoms with van der Waals surface area (Å²) in [6, 6.07) is 3.95. The van der Waals surface area contributed by atoms with Gasteiger partial charge in [0.1, 0.15) is 5.69 Å².